The predicted molar refractivity (Wildman–Crippen MR) is 17.5 cm³/mol. The Bertz CT molecular complexity index is 6.00. The fraction of sp³-hybridized carbons (Fsp3) is 1.00. The zero-order valence-electron chi connectivity index (χ0n) is 2.95. The molecule has 3 N–H and O–H groups in total. The van der Waals surface area contributed by atoms with Gasteiger partial charge in [0.15, 0.2) is 0 Å². The van der Waals surface area contributed by atoms with Gasteiger partial charge < -0.3 is 10.6 Å². The molecule has 0 saturated carbocycles. The maximum absolute atomic E-state index is 7.00. The van der Waals surface area contributed by atoms with Crippen LogP contribution in [0.3, 0.4) is 0 Å². The van der Waals surface area contributed by atoms with Gasteiger partial charge in [-0.3, -0.25) is 0 Å². The van der Waals surface area contributed by atoms with E-state index in [1.54, 1.807) is 0 Å². The van der Waals surface area contributed by atoms with Crippen LogP contribution in [0.4, 0.5) is 0 Å². The van der Waals surface area contributed by atoms with E-state index in [0.717, 1.165) is 7.11 Å². The molecule has 0 aliphatic carbocycles. The average molecular weight is 73.0 g/mol. The number of aliphatic hydroxyl groups excluding tert-OH is 1. The molecule has 0 aromatic carbocycles. The molecule has 23 valence electrons. The van der Waals surface area contributed by atoms with Gasteiger partial charge in [-0.15, -0.1) is 0 Å². The minimum absolute atomic E-state index is 0. The smallest absolute Gasteiger partial charge is 0.0319 e. The van der Waals surface area contributed by atoms with Crippen LogP contribution >= 0.6 is 0 Å². The Kier molecular flexibility index (Phi) is 202. The molecular formula is CH6NaO2. The van der Waals surface area contributed by atoms with Gasteiger partial charge in [0.25, 0.3) is 0 Å². The van der Waals surface area contributed by atoms with Gasteiger partial charge in [0.2, 0.25) is 0 Å². The molecular weight excluding hydrogens is 67.0 g/mol. The molecule has 0 aliphatic rings. The molecule has 3 heteroatoms. The fourth-order valence-corrected chi connectivity index (χ4v) is 0. The van der Waals surface area contributed by atoms with E-state index in [4.69, 9.17) is 5.11 Å². The van der Waals surface area contributed by atoms with Gasteiger partial charge in [-0.05, 0) is 0 Å². The Labute approximate surface area is 47.4 Å². The van der Waals surface area contributed by atoms with Crippen molar-refractivity contribution < 1.29 is 10.6 Å². The van der Waals surface area contributed by atoms with Crippen LogP contribution in [0.15, 0.2) is 0 Å². The Hall–Kier alpha value is 0.920. The normalized spacial score (nSPS) is 1.50. The van der Waals surface area contributed by atoms with E-state index in [9.17, 15) is 0 Å². The summed E-state index contributed by atoms with van der Waals surface area (Å²) >= 11 is 0. The quantitative estimate of drug-likeness (QED) is 0.345. The molecule has 1 radical (unpaired) electrons. The first-order valence-electron chi connectivity index (χ1n) is 0.447. The van der Waals surface area contributed by atoms with E-state index >= 15 is 0 Å². The largest absolute Gasteiger partial charge is 0.412 e. The first-order valence-corrected chi connectivity index (χ1v) is 0.447. The second kappa shape index (κ2) is 39.5. The van der Waals surface area contributed by atoms with Gasteiger partial charge in [0.1, 0.15) is 0 Å². The van der Waals surface area contributed by atoms with E-state index in [-0.39, 0.29) is 35.0 Å². The predicted octanol–water partition coefficient (Wildman–Crippen LogP) is -1.60. The Balaban J connectivity index is -0.00000000500. The van der Waals surface area contributed by atoms with Crippen LogP contribution in [-0.4, -0.2) is 47.2 Å². The minimum Gasteiger partial charge on any atom is -0.412 e. The molecule has 0 aromatic rings. The maximum atomic E-state index is 7.00. The van der Waals surface area contributed by atoms with Gasteiger partial charge in [0, 0.05) is 36.7 Å². The molecule has 2 nitrogen and oxygen atoms in total. The molecule has 4 heavy (non-hydrogen) atoms. The zero-order chi connectivity index (χ0) is 2.00. The summed E-state index contributed by atoms with van der Waals surface area (Å²) in [5, 5.41) is 7.00. The third-order valence-corrected chi connectivity index (χ3v) is 0. The van der Waals surface area contributed by atoms with Crippen molar-refractivity contribution in [1.29, 1.82) is 0 Å². The number of hydrogen-bond acceptors (Lipinski definition) is 1. The van der Waals surface area contributed by atoms with Crippen LogP contribution in [0.5, 0.6) is 0 Å². The molecule has 0 aliphatic heterocycles. The molecule has 0 heterocycles. The molecule has 0 aromatic heterocycles. The van der Waals surface area contributed by atoms with E-state index in [0.29, 0.717) is 0 Å². The fourth-order valence-electron chi connectivity index (χ4n) is 0. The molecule has 0 bridgehead atoms. The average Bonchev–Trinajstić information content (AvgIpc) is 1.00. The molecule has 0 unspecified atom stereocenters. The zero-order valence-corrected chi connectivity index (χ0v) is 4.95. The number of rotatable bonds is 0. The van der Waals surface area contributed by atoms with Crippen molar-refractivity contribution >= 4 is 29.6 Å². The molecule has 0 saturated heterocycles. The third-order valence-electron chi connectivity index (χ3n) is 0. The topological polar surface area (TPSA) is 51.7 Å². The van der Waals surface area contributed by atoms with E-state index in [1.807, 2.05) is 0 Å². The van der Waals surface area contributed by atoms with Crippen molar-refractivity contribution in [2.45, 2.75) is 0 Å². The monoisotopic (exact) mass is 73.0 g/mol. The minimum atomic E-state index is 0. The second-order valence-corrected chi connectivity index (χ2v) is 0. The molecule has 0 amide bonds. The summed E-state index contributed by atoms with van der Waals surface area (Å²) in [6, 6.07) is 0. The summed E-state index contributed by atoms with van der Waals surface area (Å²) < 4.78 is 0. The van der Waals surface area contributed by atoms with E-state index in [2.05, 4.69) is 0 Å². The second-order valence-electron chi connectivity index (χ2n) is 0. The SMILES string of the molecule is CO.O.[Na]. The van der Waals surface area contributed by atoms with Gasteiger partial charge in [-0.25, -0.2) is 0 Å². The summed E-state index contributed by atoms with van der Waals surface area (Å²) in [5.41, 5.74) is 0. The molecule has 0 rings (SSSR count). The van der Waals surface area contributed by atoms with Gasteiger partial charge in [-0.1, -0.05) is 0 Å². The van der Waals surface area contributed by atoms with Crippen LogP contribution in [0.2, 0.25) is 0 Å². The Morgan fingerprint density at radius 3 is 1.25 bits per heavy atom. The third kappa shape index (κ3) is 12.7. The van der Waals surface area contributed by atoms with Gasteiger partial charge in [0.05, 0.1) is 0 Å². The summed E-state index contributed by atoms with van der Waals surface area (Å²) in [7, 11) is 1.00. The van der Waals surface area contributed by atoms with E-state index < -0.39 is 0 Å². The summed E-state index contributed by atoms with van der Waals surface area (Å²) in [6.07, 6.45) is 0. The van der Waals surface area contributed by atoms with Crippen molar-refractivity contribution in [1.82, 2.24) is 0 Å². The Morgan fingerprint density at radius 2 is 1.25 bits per heavy atom. The maximum Gasteiger partial charge on any atom is 0.0319 e. The molecule has 0 atom stereocenters. The van der Waals surface area contributed by atoms with Crippen molar-refractivity contribution in [3.05, 3.63) is 0 Å². The first-order chi connectivity index (χ1) is 1.00. The standard InChI is InChI=1S/CH4O.Na.H2O/c1-2;;/h2H,1H3;;1H2. The van der Waals surface area contributed by atoms with E-state index in [1.165, 1.54) is 0 Å². The van der Waals surface area contributed by atoms with Crippen molar-refractivity contribution in [3.8, 4) is 0 Å². The van der Waals surface area contributed by atoms with Crippen LogP contribution in [0, 0.1) is 0 Å². The van der Waals surface area contributed by atoms with Crippen LogP contribution in [0.25, 0.3) is 0 Å². The molecule has 0 fully saturated rings. The summed E-state index contributed by atoms with van der Waals surface area (Å²) in [6.45, 7) is 0. The Morgan fingerprint density at radius 1 is 1.25 bits per heavy atom. The molecule has 0 spiro atoms. The van der Waals surface area contributed by atoms with Crippen LogP contribution < -0.4 is 0 Å². The van der Waals surface area contributed by atoms with Crippen molar-refractivity contribution in [2.24, 2.45) is 0 Å². The van der Waals surface area contributed by atoms with Crippen molar-refractivity contribution in [3.63, 3.8) is 0 Å². The van der Waals surface area contributed by atoms with Crippen molar-refractivity contribution in [2.75, 3.05) is 7.11 Å². The number of hydrogen-bond donors (Lipinski definition) is 1. The van der Waals surface area contributed by atoms with Gasteiger partial charge >= 0.3 is 0 Å². The first kappa shape index (κ1) is 20.5. The van der Waals surface area contributed by atoms with Gasteiger partial charge in [-0.2, -0.15) is 0 Å². The number of aliphatic hydroxyl groups is 1. The van der Waals surface area contributed by atoms with Crippen LogP contribution in [0.1, 0.15) is 0 Å². The van der Waals surface area contributed by atoms with Crippen LogP contribution in [-0.2, 0) is 0 Å². The summed E-state index contributed by atoms with van der Waals surface area (Å²) in [5.74, 6) is 0. The summed E-state index contributed by atoms with van der Waals surface area (Å²) in [4.78, 5) is 0.